The first-order valence-electron chi connectivity index (χ1n) is 11.0. The summed E-state index contributed by atoms with van der Waals surface area (Å²) >= 11 is 6.14. The number of amides is 1. The lowest BCUT2D eigenvalue weighted by atomic mass is 9.98. The maximum Gasteiger partial charge on any atom is 0.290 e. The van der Waals surface area contributed by atoms with Crippen LogP contribution in [0.25, 0.3) is 11.0 Å². The van der Waals surface area contributed by atoms with Crippen LogP contribution in [-0.2, 0) is 0 Å². The highest BCUT2D eigenvalue weighted by atomic mass is 35.5. The van der Waals surface area contributed by atoms with Crippen LogP contribution >= 0.6 is 11.6 Å². The first kappa shape index (κ1) is 22.4. The molecule has 7 heteroatoms. The molecule has 168 valence electrons. The lowest BCUT2D eigenvalue weighted by Crippen LogP contribution is -2.37. The Bertz CT molecular complexity index is 1200. The van der Waals surface area contributed by atoms with Gasteiger partial charge in [-0.1, -0.05) is 37.6 Å². The molecule has 1 unspecified atom stereocenters. The number of hydrogen-bond acceptors (Lipinski definition) is 5. The van der Waals surface area contributed by atoms with Crippen molar-refractivity contribution in [3.63, 3.8) is 0 Å². The molecule has 32 heavy (non-hydrogen) atoms. The summed E-state index contributed by atoms with van der Waals surface area (Å²) in [5.41, 5.74) is 1.31. The van der Waals surface area contributed by atoms with Gasteiger partial charge in [0, 0.05) is 18.1 Å². The smallest absolute Gasteiger partial charge is 0.290 e. The molecule has 2 aromatic carbocycles. The minimum absolute atomic E-state index is 0.108. The monoisotopic (exact) mass is 454 g/mol. The summed E-state index contributed by atoms with van der Waals surface area (Å²) in [6, 6.07) is 11.9. The quantitative estimate of drug-likeness (QED) is 0.492. The first-order valence-corrected chi connectivity index (χ1v) is 11.4. The number of likely N-dealkylation sites (N-methyl/N-ethyl adjacent to an activating group) is 1. The van der Waals surface area contributed by atoms with Crippen molar-refractivity contribution in [1.29, 1.82) is 0 Å². The van der Waals surface area contributed by atoms with E-state index in [4.69, 9.17) is 20.8 Å². The van der Waals surface area contributed by atoms with Gasteiger partial charge in [0.15, 0.2) is 5.43 Å². The van der Waals surface area contributed by atoms with Gasteiger partial charge < -0.3 is 19.0 Å². The molecule has 0 spiro atoms. The number of carbonyl (C=O) groups is 1. The summed E-state index contributed by atoms with van der Waals surface area (Å²) in [7, 11) is 0. The maximum atomic E-state index is 13.6. The zero-order valence-electron chi connectivity index (χ0n) is 18.6. The fourth-order valence-electron chi connectivity index (χ4n) is 4.30. The van der Waals surface area contributed by atoms with Crippen molar-refractivity contribution in [3.8, 4) is 5.75 Å². The Balaban J connectivity index is 1.87. The van der Waals surface area contributed by atoms with Crippen LogP contribution in [0.15, 0.2) is 51.7 Å². The van der Waals surface area contributed by atoms with E-state index in [2.05, 4.69) is 18.7 Å². The van der Waals surface area contributed by atoms with Crippen LogP contribution in [0.2, 0.25) is 5.02 Å². The van der Waals surface area contributed by atoms with Crippen molar-refractivity contribution in [2.45, 2.75) is 26.8 Å². The largest absolute Gasteiger partial charge is 0.494 e. The Morgan fingerprint density at radius 3 is 2.59 bits per heavy atom. The number of ether oxygens (including phenoxy) is 1. The third-order valence-corrected chi connectivity index (χ3v) is 6.20. The van der Waals surface area contributed by atoms with Gasteiger partial charge in [-0.15, -0.1) is 0 Å². The molecule has 0 bridgehead atoms. The molecular weight excluding hydrogens is 428 g/mol. The molecule has 6 nitrogen and oxygen atoms in total. The summed E-state index contributed by atoms with van der Waals surface area (Å²) in [4.78, 5) is 31.0. The molecule has 4 rings (SSSR count). The number of carbonyl (C=O) groups excluding carboxylic acids is 1. The SMILES string of the molecule is CCOc1cccc(C2c3c(oc4ccc(Cl)cc4c3=O)C(=O)N2CCN(CC)CC)c1. The molecule has 0 aliphatic carbocycles. The Kier molecular flexibility index (Phi) is 6.53. The average Bonchev–Trinajstić information content (AvgIpc) is 3.07. The number of nitrogens with zero attached hydrogens (tertiary/aromatic N) is 2. The number of rotatable bonds is 8. The summed E-state index contributed by atoms with van der Waals surface area (Å²) in [5.74, 6) is 0.534. The predicted octanol–water partition coefficient (Wildman–Crippen LogP) is 4.73. The van der Waals surface area contributed by atoms with Gasteiger partial charge in [0.2, 0.25) is 5.76 Å². The van der Waals surface area contributed by atoms with Crippen molar-refractivity contribution in [2.75, 3.05) is 32.8 Å². The van der Waals surface area contributed by atoms with Crippen LogP contribution < -0.4 is 10.2 Å². The molecule has 0 radical (unpaired) electrons. The minimum atomic E-state index is -0.548. The molecule has 0 fully saturated rings. The van der Waals surface area contributed by atoms with Gasteiger partial charge >= 0.3 is 0 Å². The van der Waals surface area contributed by atoms with Crippen LogP contribution in [0.3, 0.4) is 0 Å². The maximum absolute atomic E-state index is 13.6. The fraction of sp³-hybridized carbons (Fsp3) is 0.360. The molecule has 1 atom stereocenters. The van der Waals surface area contributed by atoms with Gasteiger partial charge in [-0.05, 0) is 55.9 Å². The number of fused-ring (bicyclic) bond motifs is 2. The van der Waals surface area contributed by atoms with E-state index in [1.54, 1.807) is 23.1 Å². The summed E-state index contributed by atoms with van der Waals surface area (Å²) in [5, 5.41) is 0.822. The zero-order valence-corrected chi connectivity index (χ0v) is 19.3. The number of halogens is 1. The Morgan fingerprint density at radius 1 is 1.09 bits per heavy atom. The third-order valence-electron chi connectivity index (χ3n) is 5.96. The van der Waals surface area contributed by atoms with Gasteiger partial charge in [0.1, 0.15) is 11.3 Å². The second kappa shape index (κ2) is 9.35. The van der Waals surface area contributed by atoms with E-state index in [-0.39, 0.29) is 17.1 Å². The highest BCUT2D eigenvalue weighted by Gasteiger charge is 2.42. The molecule has 1 aliphatic rings. The predicted molar refractivity (Wildman–Crippen MR) is 126 cm³/mol. The zero-order chi connectivity index (χ0) is 22.8. The van der Waals surface area contributed by atoms with Gasteiger partial charge in [-0.3, -0.25) is 9.59 Å². The van der Waals surface area contributed by atoms with Crippen molar-refractivity contribution >= 4 is 28.5 Å². The van der Waals surface area contributed by atoms with Gasteiger partial charge in [-0.25, -0.2) is 0 Å². The standard InChI is InChI=1S/C25H27ClN2O4/c1-4-27(5-2)12-13-28-22(16-8-7-9-18(14-16)31-6-3)21-23(29)19-15-17(26)10-11-20(19)32-24(21)25(28)30/h7-11,14-15,22H,4-6,12-13H2,1-3H3. The normalized spacial score (nSPS) is 15.6. The Hall–Kier alpha value is -2.83. The summed E-state index contributed by atoms with van der Waals surface area (Å²) < 4.78 is 11.7. The fourth-order valence-corrected chi connectivity index (χ4v) is 4.47. The van der Waals surface area contributed by atoms with Crippen LogP contribution in [-0.4, -0.2) is 48.5 Å². The van der Waals surface area contributed by atoms with E-state index in [0.29, 0.717) is 47.0 Å². The second-order valence-electron chi connectivity index (χ2n) is 7.75. The molecule has 1 aromatic heterocycles. The second-order valence-corrected chi connectivity index (χ2v) is 8.18. The van der Waals surface area contributed by atoms with Crippen molar-refractivity contribution in [2.24, 2.45) is 0 Å². The van der Waals surface area contributed by atoms with Crippen molar-refractivity contribution in [3.05, 3.63) is 74.6 Å². The molecular formula is C25H27ClN2O4. The Morgan fingerprint density at radius 2 is 1.88 bits per heavy atom. The van der Waals surface area contributed by atoms with Crippen molar-refractivity contribution < 1.29 is 13.9 Å². The minimum Gasteiger partial charge on any atom is -0.494 e. The van der Waals surface area contributed by atoms with Gasteiger partial charge in [-0.2, -0.15) is 0 Å². The lowest BCUT2D eigenvalue weighted by Gasteiger charge is -2.28. The van der Waals surface area contributed by atoms with Crippen LogP contribution in [0.5, 0.6) is 5.75 Å². The Labute approximate surface area is 192 Å². The summed E-state index contributed by atoms with van der Waals surface area (Å²) in [6.07, 6.45) is 0. The highest BCUT2D eigenvalue weighted by molar-refractivity contribution is 6.31. The molecule has 1 aliphatic heterocycles. The van der Waals surface area contributed by atoms with Crippen LogP contribution in [0, 0.1) is 0 Å². The average molecular weight is 455 g/mol. The molecule has 0 saturated carbocycles. The molecule has 0 saturated heterocycles. The van der Waals surface area contributed by atoms with Crippen LogP contribution in [0.1, 0.15) is 48.5 Å². The van der Waals surface area contributed by atoms with E-state index < -0.39 is 6.04 Å². The lowest BCUT2D eigenvalue weighted by molar-refractivity contribution is 0.0708. The van der Waals surface area contributed by atoms with E-state index in [1.807, 2.05) is 31.2 Å². The number of hydrogen-bond donors (Lipinski definition) is 0. The number of benzene rings is 2. The van der Waals surface area contributed by atoms with E-state index >= 15 is 0 Å². The van der Waals surface area contributed by atoms with Gasteiger partial charge in [0.25, 0.3) is 5.91 Å². The topological polar surface area (TPSA) is 63.0 Å². The highest BCUT2D eigenvalue weighted by Crippen LogP contribution is 2.39. The first-order chi connectivity index (χ1) is 15.5. The van der Waals surface area contributed by atoms with E-state index in [0.717, 1.165) is 18.7 Å². The van der Waals surface area contributed by atoms with Crippen molar-refractivity contribution in [1.82, 2.24) is 9.80 Å². The molecule has 1 amide bonds. The molecule has 2 heterocycles. The van der Waals surface area contributed by atoms with E-state index in [9.17, 15) is 9.59 Å². The summed E-state index contributed by atoms with van der Waals surface area (Å²) in [6.45, 7) is 9.58. The third kappa shape index (κ3) is 4.00. The van der Waals surface area contributed by atoms with Gasteiger partial charge in [0.05, 0.1) is 23.6 Å². The van der Waals surface area contributed by atoms with E-state index in [1.165, 1.54) is 0 Å². The molecule has 0 N–H and O–H groups in total. The van der Waals surface area contributed by atoms with Crippen LogP contribution in [0.4, 0.5) is 0 Å². The molecule has 3 aromatic rings.